The molecule has 0 unspecified atom stereocenters. The molecule has 0 aliphatic heterocycles. The van der Waals surface area contributed by atoms with Crippen molar-refractivity contribution in [2.24, 2.45) is 0 Å². The lowest BCUT2D eigenvalue weighted by atomic mass is 10.2. The van der Waals surface area contributed by atoms with Gasteiger partial charge >= 0.3 is 0 Å². The quantitative estimate of drug-likeness (QED) is 0.560. The van der Waals surface area contributed by atoms with Crippen LogP contribution in [0.5, 0.6) is 0 Å². The highest BCUT2D eigenvalue weighted by Crippen LogP contribution is 2.44. The van der Waals surface area contributed by atoms with E-state index in [1.807, 2.05) is 0 Å². The maximum atomic E-state index is 2.56. The first-order chi connectivity index (χ1) is 8.93. The number of hydrogen-bond donors (Lipinski definition) is 0. The van der Waals surface area contributed by atoms with Crippen LogP contribution in [0.15, 0.2) is 44.8 Å². The Morgan fingerprint density at radius 1 is 0.842 bits per heavy atom. The predicted molar refractivity (Wildman–Crippen MR) is 88.9 cm³/mol. The second-order valence-electron chi connectivity index (χ2n) is 6.47. The lowest BCUT2D eigenvalue weighted by Crippen LogP contribution is -2.34. The third-order valence-corrected chi connectivity index (χ3v) is 8.90. The molecular formula is C18H28Si. The van der Waals surface area contributed by atoms with Gasteiger partial charge in [-0.25, -0.2) is 0 Å². The lowest BCUT2D eigenvalue weighted by Gasteiger charge is -2.31. The molecule has 0 saturated carbocycles. The van der Waals surface area contributed by atoms with Crippen LogP contribution < -0.4 is 0 Å². The van der Waals surface area contributed by atoms with Crippen LogP contribution >= 0.6 is 0 Å². The van der Waals surface area contributed by atoms with Crippen LogP contribution in [-0.2, 0) is 0 Å². The number of allylic oxidation sites excluding steroid dienone is 8. The molecular weight excluding hydrogens is 244 g/mol. The minimum Gasteiger partial charge on any atom is -0.0776 e. The van der Waals surface area contributed by atoms with E-state index in [0.29, 0.717) is 0 Å². The standard InChI is InChI=1S/C18H28Si/c1-7-15-11-9-13(3)17(15)19(5,6)18-14(4)10-12-16(18)8-2/h9-10H,7-8,11-12H2,1-6H3. The van der Waals surface area contributed by atoms with Gasteiger partial charge in [0.1, 0.15) is 8.07 Å². The van der Waals surface area contributed by atoms with Crippen molar-refractivity contribution in [2.45, 2.75) is 66.5 Å². The van der Waals surface area contributed by atoms with Crippen molar-refractivity contribution < 1.29 is 0 Å². The number of rotatable bonds is 4. The zero-order chi connectivity index (χ0) is 14.2. The largest absolute Gasteiger partial charge is 0.112 e. The number of hydrogen-bond acceptors (Lipinski definition) is 0. The van der Waals surface area contributed by atoms with Gasteiger partial charge in [0.05, 0.1) is 0 Å². The molecule has 0 amide bonds. The molecule has 0 saturated heterocycles. The van der Waals surface area contributed by atoms with Crippen LogP contribution in [0.1, 0.15) is 53.4 Å². The van der Waals surface area contributed by atoms with Crippen LogP contribution in [0.2, 0.25) is 13.1 Å². The van der Waals surface area contributed by atoms with E-state index in [9.17, 15) is 0 Å². The monoisotopic (exact) mass is 272 g/mol. The molecule has 0 aromatic heterocycles. The summed E-state index contributed by atoms with van der Waals surface area (Å²) in [4.78, 5) is 0. The fourth-order valence-corrected chi connectivity index (χ4v) is 8.91. The van der Waals surface area contributed by atoms with Crippen molar-refractivity contribution in [3.8, 4) is 0 Å². The molecule has 0 N–H and O–H groups in total. The van der Waals surface area contributed by atoms with Crippen molar-refractivity contribution in [2.75, 3.05) is 0 Å². The van der Waals surface area contributed by atoms with Gasteiger partial charge in [0.2, 0.25) is 0 Å². The average Bonchev–Trinajstić information content (AvgIpc) is 2.92. The van der Waals surface area contributed by atoms with E-state index in [2.05, 4.69) is 52.9 Å². The van der Waals surface area contributed by atoms with Crippen molar-refractivity contribution in [3.63, 3.8) is 0 Å². The van der Waals surface area contributed by atoms with E-state index >= 15 is 0 Å². The average molecular weight is 273 g/mol. The SMILES string of the molecule is CCC1=C([Si](C)(C)C2=C(CC)CC=C2C)C(C)=CC1. The summed E-state index contributed by atoms with van der Waals surface area (Å²) in [6.45, 7) is 14.4. The van der Waals surface area contributed by atoms with Gasteiger partial charge in [-0.15, -0.1) is 0 Å². The van der Waals surface area contributed by atoms with E-state index in [0.717, 1.165) is 0 Å². The molecule has 0 radical (unpaired) electrons. The maximum Gasteiger partial charge on any atom is 0.112 e. The maximum absolute atomic E-state index is 2.56. The summed E-state index contributed by atoms with van der Waals surface area (Å²) in [6, 6.07) is 0. The van der Waals surface area contributed by atoms with Gasteiger partial charge in [0.15, 0.2) is 0 Å². The second-order valence-corrected chi connectivity index (χ2v) is 10.7. The summed E-state index contributed by atoms with van der Waals surface area (Å²) in [5.74, 6) is 0. The van der Waals surface area contributed by atoms with E-state index < -0.39 is 8.07 Å². The van der Waals surface area contributed by atoms with Crippen molar-refractivity contribution in [1.82, 2.24) is 0 Å². The van der Waals surface area contributed by atoms with Gasteiger partial charge in [-0.2, -0.15) is 0 Å². The smallest absolute Gasteiger partial charge is 0.0776 e. The Morgan fingerprint density at radius 2 is 1.21 bits per heavy atom. The summed E-state index contributed by atoms with van der Waals surface area (Å²) in [6.07, 6.45) is 9.73. The first kappa shape index (κ1) is 14.6. The van der Waals surface area contributed by atoms with Gasteiger partial charge in [0, 0.05) is 0 Å². The summed E-state index contributed by atoms with van der Waals surface area (Å²) in [5, 5.41) is 3.51. The van der Waals surface area contributed by atoms with Crippen LogP contribution in [0.3, 0.4) is 0 Å². The van der Waals surface area contributed by atoms with Crippen LogP contribution in [0.4, 0.5) is 0 Å². The Labute approximate surface area is 120 Å². The molecule has 2 aliphatic rings. The normalized spacial score (nSPS) is 20.3. The van der Waals surface area contributed by atoms with Crippen molar-refractivity contribution >= 4 is 8.07 Å². The van der Waals surface area contributed by atoms with Gasteiger partial charge < -0.3 is 0 Å². The fourth-order valence-electron chi connectivity index (χ4n) is 4.16. The van der Waals surface area contributed by atoms with Crippen LogP contribution in [-0.4, -0.2) is 8.07 Å². The first-order valence-corrected chi connectivity index (χ1v) is 10.7. The topological polar surface area (TPSA) is 0 Å². The Balaban J connectivity index is 2.54. The molecule has 0 heterocycles. The molecule has 0 fully saturated rings. The minimum absolute atomic E-state index is 1.20. The third-order valence-electron chi connectivity index (χ3n) is 4.91. The van der Waals surface area contributed by atoms with Crippen molar-refractivity contribution in [3.05, 3.63) is 44.8 Å². The molecule has 1 heteroatoms. The van der Waals surface area contributed by atoms with Crippen LogP contribution in [0, 0.1) is 0 Å². The fraction of sp³-hybridized carbons (Fsp3) is 0.556. The van der Waals surface area contributed by atoms with Gasteiger partial charge in [-0.1, -0.05) is 71.8 Å². The second kappa shape index (κ2) is 5.28. The minimum atomic E-state index is -1.51. The van der Waals surface area contributed by atoms with E-state index in [1.54, 1.807) is 32.7 Å². The zero-order valence-electron chi connectivity index (χ0n) is 13.5. The van der Waals surface area contributed by atoms with Gasteiger partial charge in [-0.3, -0.25) is 0 Å². The molecule has 0 atom stereocenters. The zero-order valence-corrected chi connectivity index (χ0v) is 14.5. The highest BCUT2D eigenvalue weighted by atomic mass is 28.3. The molecule has 104 valence electrons. The van der Waals surface area contributed by atoms with E-state index in [-0.39, 0.29) is 0 Å². The molecule has 19 heavy (non-hydrogen) atoms. The van der Waals surface area contributed by atoms with Gasteiger partial charge in [-0.05, 0) is 39.5 Å². The van der Waals surface area contributed by atoms with Crippen LogP contribution in [0.25, 0.3) is 0 Å². The molecule has 0 nitrogen and oxygen atoms in total. The Bertz CT molecular complexity index is 464. The highest BCUT2D eigenvalue weighted by molar-refractivity contribution is 6.92. The highest BCUT2D eigenvalue weighted by Gasteiger charge is 2.37. The summed E-state index contributed by atoms with van der Waals surface area (Å²) in [7, 11) is -1.51. The Kier molecular flexibility index (Phi) is 4.05. The molecule has 0 aromatic rings. The Morgan fingerprint density at radius 3 is 1.53 bits per heavy atom. The summed E-state index contributed by atoms with van der Waals surface area (Å²) >= 11 is 0. The third kappa shape index (κ3) is 2.33. The first-order valence-electron chi connectivity index (χ1n) is 7.72. The molecule has 0 bridgehead atoms. The summed E-state index contributed by atoms with van der Waals surface area (Å²) in [5.41, 5.74) is 6.54. The predicted octanol–water partition coefficient (Wildman–Crippen LogP) is 5.89. The molecule has 0 spiro atoms. The van der Waals surface area contributed by atoms with E-state index in [4.69, 9.17) is 0 Å². The Hall–Kier alpha value is -0.823. The van der Waals surface area contributed by atoms with Crippen molar-refractivity contribution in [1.29, 1.82) is 0 Å². The molecule has 2 aliphatic carbocycles. The molecule has 0 aromatic carbocycles. The lowest BCUT2D eigenvalue weighted by molar-refractivity contribution is 1.03. The van der Waals surface area contributed by atoms with E-state index in [1.165, 1.54) is 25.7 Å². The summed E-state index contributed by atoms with van der Waals surface area (Å²) < 4.78 is 0. The van der Waals surface area contributed by atoms with Gasteiger partial charge in [0.25, 0.3) is 0 Å². The molecule has 2 rings (SSSR count).